The van der Waals surface area contributed by atoms with Crippen LogP contribution in [0, 0.1) is 5.41 Å². The SMILES string of the molecule is CCC(C)(CN)C(=O)Nc1ccc(CCC(=O)O)cc1. The highest BCUT2D eigenvalue weighted by molar-refractivity contribution is 5.95. The summed E-state index contributed by atoms with van der Waals surface area (Å²) in [5.74, 6) is -0.912. The van der Waals surface area contributed by atoms with Crippen molar-refractivity contribution in [2.45, 2.75) is 33.1 Å². The fourth-order valence-corrected chi connectivity index (χ4v) is 1.69. The number of carboxylic acids is 1. The predicted molar refractivity (Wildman–Crippen MR) is 78.5 cm³/mol. The first-order valence-corrected chi connectivity index (χ1v) is 6.73. The lowest BCUT2D eigenvalue weighted by Crippen LogP contribution is -2.39. The maximum absolute atomic E-state index is 12.1. The standard InChI is InChI=1S/C15H22N2O3/c1-3-15(2,10-16)14(20)17-12-7-4-11(5-8-12)6-9-13(18)19/h4-5,7-8H,3,6,9-10,16H2,1-2H3,(H,17,20)(H,18,19). The molecule has 0 saturated carbocycles. The second-order valence-corrected chi connectivity index (χ2v) is 5.16. The number of amides is 1. The van der Waals surface area contributed by atoms with Crippen molar-refractivity contribution in [3.8, 4) is 0 Å². The number of hydrogen-bond donors (Lipinski definition) is 3. The lowest BCUT2D eigenvalue weighted by molar-refractivity contribution is -0.137. The summed E-state index contributed by atoms with van der Waals surface area (Å²) < 4.78 is 0. The van der Waals surface area contributed by atoms with Gasteiger partial charge in [-0.2, -0.15) is 0 Å². The molecule has 1 rings (SSSR count). The highest BCUT2D eigenvalue weighted by atomic mass is 16.4. The summed E-state index contributed by atoms with van der Waals surface area (Å²) in [5.41, 5.74) is 6.71. The fourth-order valence-electron chi connectivity index (χ4n) is 1.69. The van der Waals surface area contributed by atoms with E-state index in [-0.39, 0.29) is 12.3 Å². The third-order valence-corrected chi connectivity index (χ3v) is 3.62. The molecule has 0 aliphatic rings. The van der Waals surface area contributed by atoms with E-state index >= 15 is 0 Å². The Bertz CT molecular complexity index is 465. The minimum atomic E-state index is -0.816. The van der Waals surface area contributed by atoms with Crippen LogP contribution >= 0.6 is 0 Å². The predicted octanol–water partition coefficient (Wildman–Crippen LogP) is 2.02. The molecule has 1 aromatic rings. The van der Waals surface area contributed by atoms with Crippen LogP contribution in [-0.2, 0) is 16.0 Å². The van der Waals surface area contributed by atoms with Gasteiger partial charge in [0, 0.05) is 18.7 Å². The van der Waals surface area contributed by atoms with Crippen molar-refractivity contribution in [1.82, 2.24) is 0 Å². The second kappa shape index (κ2) is 7.05. The molecule has 1 atom stereocenters. The molecule has 110 valence electrons. The quantitative estimate of drug-likeness (QED) is 0.711. The molecule has 0 aromatic heterocycles. The Morgan fingerprint density at radius 1 is 1.30 bits per heavy atom. The van der Waals surface area contributed by atoms with Crippen LogP contribution in [0.4, 0.5) is 5.69 Å². The van der Waals surface area contributed by atoms with E-state index in [0.717, 1.165) is 5.56 Å². The molecule has 5 nitrogen and oxygen atoms in total. The van der Waals surface area contributed by atoms with E-state index in [9.17, 15) is 9.59 Å². The van der Waals surface area contributed by atoms with Gasteiger partial charge in [0.25, 0.3) is 0 Å². The molecule has 0 heterocycles. The van der Waals surface area contributed by atoms with E-state index in [1.165, 1.54) is 0 Å². The van der Waals surface area contributed by atoms with Crippen molar-refractivity contribution in [3.05, 3.63) is 29.8 Å². The molecule has 0 radical (unpaired) electrons. The van der Waals surface area contributed by atoms with Crippen molar-refractivity contribution in [3.63, 3.8) is 0 Å². The van der Waals surface area contributed by atoms with Gasteiger partial charge in [0.1, 0.15) is 0 Å². The molecule has 0 aliphatic carbocycles. The minimum Gasteiger partial charge on any atom is -0.481 e. The van der Waals surface area contributed by atoms with Gasteiger partial charge in [-0.05, 0) is 37.5 Å². The van der Waals surface area contributed by atoms with Gasteiger partial charge in [-0.25, -0.2) is 0 Å². The Morgan fingerprint density at radius 2 is 1.90 bits per heavy atom. The normalized spacial score (nSPS) is 13.6. The highest BCUT2D eigenvalue weighted by Gasteiger charge is 2.29. The van der Waals surface area contributed by atoms with Crippen LogP contribution in [-0.4, -0.2) is 23.5 Å². The fraction of sp³-hybridized carbons (Fsp3) is 0.467. The van der Waals surface area contributed by atoms with E-state index in [1.807, 2.05) is 26.0 Å². The molecule has 1 aromatic carbocycles. The zero-order valence-corrected chi connectivity index (χ0v) is 12.0. The number of rotatable bonds is 7. The lowest BCUT2D eigenvalue weighted by atomic mass is 9.86. The Morgan fingerprint density at radius 3 is 2.35 bits per heavy atom. The largest absolute Gasteiger partial charge is 0.481 e. The zero-order chi connectivity index (χ0) is 15.2. The molecule has 0 fully saturated rings. The first kappa shape index (κ1) is 16.2. The van der Waals surface area contributed by atoms with Crippen LogP contribution in [0.2, 0.25) is 0 Å². The van der Waals surface area contributed by atoms with Crippen LogP contribution in [0.25, 0.3) is 0 Å². The van der Waals surface area contributed by atoms with E-state index in [2.05, 4.69) is 5.32 Å². The summed E-state index contributed by atoms with van der Waals surface area (Å²) in [4.78, 5) is 22.6. The smallest absolute Gasteiger partial charge is 0.303 e. The van der Waals surface area contributed by atoms with E-state index in [1.54, 1.807) is 12.1 Å². The summed E-state index contributed by atoms with van der Waals surface area (Å²) in [6.07, 6.45) is 1.26. The number of carbonyl (C=O) groups excluding carboxylic acids is 1. The number of nitrogens with one attached hydrogen (secondary N) is 1. The van der Waals surface area contributed by atoms with Crippen molar-refractivity contribution in [1.29, 1.82) is 0 Å². The van der Waals surface area contributed by atoms with Crippen LogP contribution in [0.5, 0.6) is 0 Å². The molecule has 4 N–H and O–H groups in total. The maximum atomic E-state index is 12.1. The summed E-state index contributed by atoms with van der Waals surface area (Å²) in [5, 5.41) is 11.5. The molecule has 20 heavy (non-hydrogen) atoms. The Balaban J connectivity index is 2.65. The monoisotopic (exact) mass is 278 g/mol. The summed E-state index contributed by atoms with van der Waals surface area (Å²) in [6, 6.07) is 7.21. The molecule has 0 spiro atoms. The van der Waals surface area contributed by atoms with E-state index in [4.69, 9.17) is 10.8 Å². The number of carbonyl (C=O) groups is 2. The number of aryl methyl sites for hydroxylation is 1. The summed E-state index contributed by atoms with van der Waals surface area (Å²) >= 11 is 0. The van der Waals surface area contributed by atoms with Gasteiger partial charge in [-0.15, -0.1) is 0 Å². The van der Waals surface area contributed by atoms with Gasteiger partial charge in [0.05, 0.1) is 5.41 Å². The molecular weight excluding hydrogens is 256 g/mol. The molecular formula is C15H22N2O3. The second-order valence-electron chi connectivity index (χ2n) is 5.16. The van der Waals surface area contributed by atoms with Crippen LogP contribution in [0.1, 0.15) is 32.3 Å². The number of carboxylic acid groups (broad SMARTS) is 1. The molecule has 0 saturated heterocycles. The third kappa shape index (κ3) is 4.35. The maximum Gasteiger partial charge on any atom is 0.303 e. The molecule has 1 unspecified atom stereocenters. The van der Waals surface area contributed by atoms with Crippen molar-refractivity contribution in [2.75, 3.05) is 11.9 Å². The van der Waals surface area contributed by atoms with E-state index in [0.29, 0.717) is 25.1 Å². The Labute approximate surface area is 119 Å². The van der Waals surface area contributed by atoms with Crippen LogP contribution < -0.4 is 11.1 Å². The number of aliphatic carboxylic acids is 1. The average molecular weight is 278 g/mol. The van der Waals surface area contributed by atoms with Crippen molar-refractivity contribution < 1.29 is 14.7 Å². The first-order valence-electron chi connectivity index (χ1n) is 6.73. The zero-order valence-electron chi connectivity index (χ0n) is 12.0. The Hall–Kier alpha value is -1.88. The van der Waals surface area contributed by atoms with E-state index < -0.39 is 11.4 Å². The summed E-state index contributed by atoms with van der Waals surface area (Å²) in [6.45, 7) is 4.07. The number of hydrogen-bond acceptors (Lipinski definition) is 3. The highest BCUT2D eigenvalue weighted by Crippen LogP contribution is 2.22. The summed E-state index contributed by atoms with van der Waals surface area (Å²) in [7, 11) is 0. The van der Waals surface area contributed by atoms with Gasteiger partial charge in [-0.3, -0.25) is 9.59 Å². The van der Waals surface area contributed by atoms with Gasteiger partial charge in [0.2, 0.25) is 5.91 Å². The van der Waals surface area contributed by atoms with Gasteiger partial charge >= 0.3 is 5.97 Å². The number of nitrogens with two attached hydrogens (primary N) is 1. The van der Waals surface area contributed by atoms with Gasteiger partial charge < -0.3 is 16.2 Å². The molecule has 0 bridgehead atoms. The third-order valence-electron chi connectivity index (χ3n) is 3.62. The number of benzene rings is 1. The van der Waals surface area contributed by atoms with Crippen molar-refractivity contribution in [2.24, 2.45) is 11.1 Å². The topological polar surface area (TPSA) is 92.4 Å². The van der Waals surface area contributed by atoms with Crippen molar-refractivity contribution >= 4 is 17.6 Å². The average Bonchev–Trinajstić information content (AvgIpc) is 2.45. The minimum absolute atomic E-state index is 0.0965. The Kier molecular flexibility index (Phi) is 5.70. The molecule has 0 aliphatic heterocycles. The van der Waals surface area contributed by atoms with Gasteiger partial charge in [0.15, 0.2) is 0 Å². The first-order chi connectivity index (χ1) is 9.41. The van der Waals surface area contributed by atoms with Crippen LogP contribution in [0.3, 0.4) is 0 Å². The van der Waals surface area contributed by atoms with Gasteiger partial charge in [-0.1, -0.05) is 19.1 Å². The molecule has 5 heteroatoms. The van der Waals surface area contributed by atoms with Crippen LogP contribution in [0.15, 0.2) is 24.3 Å². The molecule has 1 amide bonds. The lowest BCUT2D eigenvalue weighted by Gasteiger charge is -2.24. The number of anilines is 1.